The Hall–Kier alpha value is -2.10. The van der Waals surface area contributed by atoms with Gasteiger partial charge in [0.05, 0.1) is 5.52 Å². The summed E-state index contributed by atoms with van der Waals surface area (Å²) in [7, 11) is 0. The fourth-order valence-corrected chi connectivity index (χ4v) is 2.54. The van der Waals surface area contributed by atoms with Gasteiger partial charge in [0.15, 0.2) is 0 Å². The van der Waals surface area contributed by atoms with E-state index in [1.54, 1.807) is 0 Å². The second-order valence-electron chi connectivity index (χ2n) is 5.00. The van der Waals surface area contributed by atoms with Crippen molar-refractivity contribution >= 4 is 22.6 Å². The molecule has 2 aromatic rings. The minimum Gasteiger partial charge on any atom is -0.383 e. The first-order valence-corrected chi connectivity index (χ1v) is 6.66. The van der Waals surface area contributed by atoms with E-state index in [1.807, 2.05) is 35.2 Å². The van der Waals surface area contributed by atoms with Crippen LogP contribution in [0.3, 0.4) is 0 Å². The summed E-state index contributed by atoms with van der Waals surface area (Å²) in [5.74, 6) is 0.746. The van der Waals surface area contributed by atoms with Crippen molar-refractivity contribution in [1.82, 2.24) is 9.88 Å². The van der Waals surface area contributed by atoms with Crippen LogP contribution in [0.4, 0.5) is 5.82 Å². The number of fused-ring (bicyclic) bond motifs is 1. The van der Waals surface area contributed by atoms with E-state index in [-0.39, 0.29) is 5.91 Å². The summed E-state index contributed by atoms with van der Waals surface area (Å²) in [4.78, 5) is 18.1. The number of para-hydroxylation sites is 1. The molecule has 0 atom stereocenters. The van der Waals surface area contributed by atoms with Gasteiger partial charge in [-0.1, -0.05) is 18.2 Å². The van der Waals surface area contributed by atoms with E-state index in [1.165, 1.54) is 0 Å². The highest BCUT2D eigenvalue weighted by atomic mass is 16.2. The van der Waals surface area contributed by atoms with E-state index < -0.39 is 0 Å². The Balaban J connectivity index is 1.91. The number of pyridine rings is 1. The van der Waals surface area contributed by atoms with Crippen LogP contribution in [0.2, 0.25) is 0 Å². The van der Waals surface area contributed by atoms with Crippen molar-refractivity contribution in [2.75, 3.05) is 12.3 Å². The Morgan fingerprint density at radius 3 is 2.95 bits per heavy atom. The number of benzene rings is 1. The van der Waals surface area contributed by atoms with Crippen LogP contribution in [-0.4, -0.2) is 22.3 Å². The van der Waals surface area contributed by atoms with Crippen LogP contribution in [0, 0.1) is 0 Å². The fraction of sp³-hybridized carbons (Fsp3) is 0.333. The van der Waals surface area contributed by atoms with Gasteiger partial charge in [0.25, 0.3) is 0 Å². The number of nitrogen functional groups attached to an aromatic ring is 1. The molecule has 0 radical (unpaired) electrons. The average Bonchev–Trinajstić information content (AvgIpc) is 2.42. The van der Waals surface area contributed by atoms with E-state index in [2.05, 4.69) is 4.98 Å². The molecule has 0 spiro atoms. The number of rotatable bonds is 2. The number of hydrogen-bond acceptors (Lipinski definition) is 3. The predicted octanol–water partition coefficient (Wildman–Crippen LogP) is 2.33. The van der Waals surface area contributed by atoms with E-state index in [0.717, 1.165) is 35.9 Å². The highest BCUT2D eigenvalue weighted by Gasteiger charge is 2.19. The lowest BCUT2D eigenvalue weighted by molar-refractivity contribution is -0.133. The van der Waals surface area contributed by atoms with Gasteiger partial charge in [-0.05, 0) is 25.0 Å². The Morgan fingerprint density at radius 2 is 2.11 bits per heavy atom. The van der Waals surface area contributed by atoms with Gasteiger partial charge in [0.1, 0.15) is 5.82 Å². The number of carbonyl (C=O) groups is 1. The van der Waals surface area contributed by atoms with Crippen molar-refractivity contribution in [3.63, 3.8) is 0 Å². The zero-order valence-electron chi connectivity index (χ0n) is 10.8. The molecule has 1 saturated heterocycles. The quantitative estimate of drug-likeness (QED) is 0.896. The molecule has 4 nitrogen and oxygen atoms in total. The van der Waals surface area contributed by atoms with Gasteiger partial charge >= 0.3 is 0 Å². The molecule has 4 heteroatoms. The molecule has 0 saturated carbocycles. The number of anilines is 1. The third-order valence-corrected chi connectivity index (χ3v) is 3.62. The molecule has 0 aliphatic carbocycles. The van der Waals surface area contributed by atoms with Gasteiger partial charge in [0, 0.05) is 30.5 Å². The van der Waals surface area contributed by atoms with E-state index in [9.17, 15) is 4.79 Å². The highest BCUT2D eigenvalue weighted by molar-refractivity contribution is 5.82. The van der Waals surface area contributed by atoms with E-state index >= 15 is 0 Å². The molecule has 3 rings (SSSR count). The van der Waals surface area contributed by atoms with Crippen LogP contribution < -0.4 is 5.73 Å². The van der Waals surface area contributed by atoms with Crippen LogP contribution >= 0.6 is 0 Å². The molecular formula is C15H17N3O. The van der Waals surface area contributed by atoms with Crippen LogP contribution in [-0.2, 0) is 11.3 Å². The Bertz CT molecular complexity index is 624. The van der Waals surface area contributed by atoms with Crippen molar-refractivity contribution in [2.45, 2.75) is 25.8 Å². The van der Waals surface area contributed by atoms with Gasteiger partial charge in [-0.15, -0.1) is 0 Å². The lowest BCUT2D eigenvalue weighted by atomic mass is 10.1. The topological polar surface area (TPSA) is 59.2 Å². The lowest BCUT2D eigenvalue weighted by Gasteiger charge is -2.27. The second-order valence-corrected chi connectivity index (χ2v) is 5.00. The highest BCUT2D eigenvalue weighted by Crippen LogP contribution is 2.21. The van der Waals surface area contributed by atoms with Crippen LogP contribution in [0.5, 0.6) is 0 Å². The van der Waals surface area contributed by atoms with Gasteiger partial charge in [0.2, 0.25) is 5.91 Å². The molecule has 2 N–H and O–H groups in total. The van der Waals surface area contributed by atoms with E-state index in [4.69, 9.17) is 5.73 Å². The molecule has 19 heavy (non-hydrogen) atoms. The minimum atomic E-state index is 0.221. The van der Waals surface area contributed by atoms with Gasteiger partial charge in [-0.25, -0.2) is 4.98 Å². The molecule has 1 aliphatic rings. The molecule has 0 unspecified atom stereocenters. The van der Waals surface area contributed by atoms with Gasteiger partial charge < -0.3 is 10.6 Å². The molecule has 0 bridgehead atoms. The number of piperidine rings is 1. The molecular weight excluding hydrogens is 238 g/mol. The summed E-state index contributed by atoms with van der Waals surface area (Å²) in [6.45, 7) is 1.40. The number of likely N-dealkylation sites (tertiary alicyclic amines) is 1. The predicted molar refractivity (Wildman–Crippen MR) is 75.4 cm³/mol. The van der Waals surface area contributed by atoms with Gasteiger partial charge in [-0.2, -0.15) is 0 Å². The average molecular weight is 255 g/mol. The Labute approximate surface area is 112 Å². The third-order valence-electron chi connectivity index (χ3n) is 3.62. The molecule has 2 heterocycles. The van der Waals surface area contributed by atoms with Crippen molar-refractivity contribution in [3.8, 4) is 0 Å². The number of nitrogens with zero attached hydrogens (tertiary/aromatic N) is 2. The first-order valence-electron chi connectivity index (χ1n) is 6.66. The normalized spacial score (nSPS) is 16.0. The summed E-state index contributed by atoms with van der Waals surface area (Å²) < 4.78 is 0. The number of hydrogen-bond donors (Lipinski definition) is 1. The maximum atomic E-state index is 11.8. The van der Waals surface area contributed by atoms with Crippen molar-refractivity contribution in [2.24, 2.45) is 0 Å². The smallest absolute Gasteiger partial charge is 0.222 e. The second kappa shape index (κ2) is 4.88. The van der Waals surface area contributed by atoms with Crippen LogP contribution in [0.1, 0.15) is 24.8 Å². The van der Waals surface area contributed by atoms with Crippen LogP contribution in [0.25, 0.3) is 10.9 Å². The zero-order chi connectivity index (χ0) is 13.2. The van der Waals surface area contributed by atoms with Crippen molar-refractivity contribution in [1.29, 1.82) is 0 Å². The monoisotopic (exact) mass is 255 g/mol. The molecule has 1 aliphatic heterocycles. The maximum Gasteiger partial charge on any atom is 0.222 e. The first kappa shape index (κ1) is 12.0. The number of nitrogens with two attached hydrogens (primary N) is 1. The van der Waals surface area contributed by atoms with Crippen LogP contribution in [0.15, 0.2) is 30.3 Å². The lowest BCUT2D eigenvalue weighted by Crippen LogP contribution is -2.34. The standard InChI is InChI=1S/C15H17N3O/c16-15-12(10-18-8-4-3-7-14(18)19)9-11-5-1-2-6-13(11)17-15/h1-2,5-6,9H,3-4,7-8,10H2,(H2,16,17). The first-order chi connectivity index (χ1) is 9.24. The molecule has 1 fully saturated rings. The van der Waals surface area contributed by atoms with Crippen molar-refractivity contribution < 1.29 is 4.79 Å². The Kier molecular flexibility index (Phi) is 3.07. The van der Waals surface area contributed by atoms with Gasteiger partial charge in [-0.3, -0.25) is 4.79 Å². The molecule has 1 amide bonds. The minimum absolute atomic E-state index is 0.221. The fourth-order valence-electron chi connectivity index (χ4n) is 2.54. The number of amides is 1. The molecule has 1 aromatic carbocycles. The van der Waals surface area contributed by atoms with E-state index in [0.29, 0.717) is 18.8 Å². The number of carbonyl (C=O) groups excluding carboxylic acids is 1. The summed E-state index contributed by atoms with van der Waals surface area (Å²) in [6, 6.07) is 9.93. The number of aromatic nitrogens is 1. The SMILES string of the molecule is Nc1nc2ccccc2cc1CN1CCCCC1=O. The molecule has 1 aromatic heterocycles. The largest absolute Gasteiger partial charge is 0.383 e. The Morgan fingerprint density at radius 1 is 1.26 bits per heavy atom. The zero-order valence-corrected chi connectivity index (χ0v) is 10.8. The molecule has 98 valence electrons. The summed E-state index contributed by atoms with van der Waals surface area (Å²) in [6.07, 6.45) is 2.73. The summed E-state index contributed by atoms with van der Waals surface area (Å²) in [5.41, 5.74) is 7.84. The summed E-state index contributed by atoms with van der Waals surface area (Å²) in [5, 5.41) is 1.07. The third kappa shape index (κ3) is 2.38. The van der Waals surface area contributed by atoms with Crippen molar-refractivity contribution in [3.05, 3.63) is 35.9 Å². The maximum absolute atomic E-state index is 11.8. The summed E-state index contributed by atoms with van der Waals surface area (Å²) >= 11 is 0.